The van der Waals surface area contributed by atoms with Crippen LogP contribution < -0.4 is 10.9 Å². The molecule has 0 aliphatic carbocycles. The van der Waals surface area contributed by atoms with Gasteiger partial charge in [0.05, 0.1) is 28.0 Å². The fraction of sp³-hybridized carbons (Fsp3) is 0.0667. The monoisotopic (exact) mass is 319 g/mol. The summed E-state index contributed by atoms with van der Waals surface area (Å²) in [6, 6.07) is 12.2. The Morgan fingerprint density at radius 1 is 1.10 bits per heavy atom. The predicted molar refractivity (Wildman–Crippen MR) is 85.3 cm³/mol. The van der Waals surface area contributed by atoms with Crippen molar-refractivity contribution in [3.05, 3.63) is 74.8 Å². The number of nitrogens with one attached hydrogen (secondary N) is 1. The second-order valence-electron chi connectivity index (χ2n) is 4.46. The maximum atomic E-state index is 12.0. The molecule has 0 spiro atoms. The lowest BCUT2D eigenvalue weighted by atomic mass is 10.3. The lowest BCUT2D eigenvalue weighted by Crippen LogP contribution is -2.16. The fourth-order valence-corrected chi connectivity index (χ4v) is 2.57. The van der Waals surface area contributed by atoms with Gasteiger partial charge in [-0.3, -0.25) is 9.20 Å². The molecule has 106 valence electrons. The van der Waals surface area contributed by atoms with Crippen LogP contribution in [0.15, 0.2) is 53.5 Å². The number of pyridine rings is 1. The summed E-state index contributed by atoms with van der Waals surface area (Å²) in [5, 5.41) is 4.17. The van der Waals surface area contributed by atoms with E-state index in [1.165, 1.54) is 10.5 Å². The van der Waals surface area contributed by atoms with Gasteiger partial charge >= 0.3 is 0 Å². The average molecular weight is 320 g/mol. The molecule has 21 heavy (non-hydrogen) atoms. The van der Waals surface area contributed by atoms with Crippen LogP contribution in [0.3, 0.4) is 0 Å². The highest BCUT2D eigenvalue weighted by Crippen LogP contribution is 2.29. The van der Waals surface area contributed by atoms with E-state index in [4.69, 9.17) is 23.2 Å². The number of para-hydroxylation sites is 1. The van der Waals surface area contributed by atoms with E-state index in [2.05, 4.69) is 10.3 Å². The number of fused-ring (bicyclic) bond motifs is 1. The Labute approximate surface area is 131 Å². The van der Waals surface area contributed by atoms with Gasteiger partial charge in [0, 0.05) is 12.3 Å². The second kappa shape index (κ2) is 5.76. The summed E-state index contributed by atoms with van der Waals surface area (Å²) >= 11 is 12.2. The maximum Gasteiger partial charge on any atom is 0.258 e. The van der Waals surface area contributed by atoms with E-state index in [1.807, 2.05) is 6.07 Å². The van der Waals surface area contributed by atoms with E-state index in [-0.39, 0.29) is 5.56 Å². The lowest BCUT2D eigenvalue weighted by molar-refractivity contribution is 0.971. The second-order valence-corrected chi connectivity index (χ2v) is 5.28. The van der Waals surface area contributed by atoms with Crippen molar-refractivity contribution < 1.29 is 0 Å². The smallest absolute Gasteiger partial charge is 0.258 e. The first-order valence-electron chi connectivity index (χ1n) is 6.30. The molecule has 0 bridgehead atoms. The highest BCUT2D eigenvalue weighted by Gasteiger charge is 2.06. The molecule has 1 aromatic carbocycles. The van der Waals surface area contributed by atoms with Gasteiger partial charge in [-0.1, -0.05) is 35.3 Å². The Morgan fingerprint density at radius 2 is 1.86 bits per heavy atom. The Hall–Kier alpha value is -2.04. The molecule has 2 heterocycles. The molecule has 1 N–H and O–H groups in total. The summed E-state index contributed by atoms with van der Waals surface area (Å²) in [6.45, 7) is 0.365. The van der Waals surface area contributed by atoms with Crippen LogP contribution in [0, 0.1) is 0 Å². The molecule has 0 aliphatic rings. The van der Waals surface area contributed by atoms with Crippen molar-refractivity contribution in [2.24, 2.45) is 0 Å². The van der Waals surface area contributed by atoms with Gasteiger partial charge < -0.3 is 5.32 Å². The number of hydrogen-bond donors (Lipinski definition) is 1. The maximum absolute atomic E-state index is 12.0. The zero-order valence-corrected chi connectivity index (χ0v) is 12.4. The fourth-order valence-electron chi connectivity index (χ4n) is 2.04. The third-order valence-electron chi connectivity index (χ3n) is 3.03. The third-order valence-corrected chi connectivity index (χ3v) is 3.66. The van der Waals surface area contributed by atoms with Gasteiger partial charge in [-0.05, 0) is 24.3 Å². The first-order chi connectivity index (χ1) is 10.1. The molecule has 0 aliphatic heterocycles. The summed E-state index contributed by atoms with van der Waals surface area (Å²) in [7, 11) is 0. The topological polar surface area (TPSA) is 46.4 Å². The van der Waals surface area contributed by atoms with Gasteiger partial charge in [0.15, 0.2) is 0 Å². The summed E-state index contributed by atoms with van der Waals surface area (Å²) in [4.78, 5) is 16.4. The number of aromatic nitrogens is 2. The third kappa shape index (κ3) is 2.86. The van der Waals surface area contributed by atoms with Gasteiger partial charge in [0.2, 0.25) is 0 Å². The van der Waals surface area contributed by atoms with Gasteiger partial charge in [0.1, 0.15) is 5.65 Å². The van der Waals surface area contributed by atoms with Gasteiger partial charge in [0.25, 0.3) is 5.56 Å². The van der Waals surface area contributed by atoms with Crippen LogP contribution in [0.25, 0.3) is 5.65 Å². The summed E-state index contributed by atoms with van der Waals surface area (Å²) < 4.78 is 1.49. The first kappa shape index (κ1) is 13.9. The summed E-state index contributed by atoms with van der Waals surface area (Å²) in [5.41, 5.74) is 1.74. The van der Waals surface area contributed by atoms with Crippen molar-refractivity contribution in [3.63, 3.8) is 0 Å². The zero-order chi connectivity index (χ0) is 14.8. The molecule has 6 heteroatoms. The standard InChI is InChI=1S/C15H11Cl2N3O/c16-11-4-3-5-12(17)15(11)18-9-10-8-14(21)20-7-2-1-6-13(20)19-10/h1-8,18H,9H2. The van der Waals surface area contributed by atoms with Crippen LogP contribution in [0.5, 0.6) is 0 Å². The molecule has 4 nitrogen and oxygen atoms in total. The SMILES string of the molecule is O=c1cc(CNc2c(Cl)cccc2Cl)nc2ccccn12. The van der Waals surface area contributed by atoms with Gasteiger partial charge in [-0.25, -0.2) is 4.98 Å². The largest absolute Gasteiger partial charge is 0.377 e. The van der Waals surface area contributed by atoms with E-state index in [9.17, 15) is 4.79 Å². The molecule has 3 rings (SSSR count). The Morgan fingerprint density at radius 3 is 2.62 bits per heavy atom. The molecular weight excluding hydrogens is 309 g/mol. The van der Waals surface area contributed by atoms with Crippen LogP contribution in [0.4, 0.5) is 5.69 Å². The minimum Gasteiger partial charge on any atom is -0.377 e. The van der Waals surface area contributed by atoms with E-state index in [0.29, 0.717) is 33.6 Å². The molecule has 0 fully saturated rings. The Kier molecular flexibility index (Phi) is 3.82. The minimum absolute atomic E-state index is 0.123. The van der Waals surface area contributed by atoms with Crippen molar-refractivity contribution >= 4 is 34.5 Å². The van der Waals surface area contributed by atoms with Crippen LogP contribution in [0.1, 0.15) is 5.69 Å². The van der Waals surface area contributed by atoms with Crippen LogP contribution in [0.2, 0.25) is 10.0 Å². The van der Waals surface area contributed by atoms with E-state index in [0.717, 1.165) is 0 Å². The quantitative estimate of drug-likeness (QED) is 0.802. The van der Waals surface area contributed by atoms with E-state index < -0.39 is 0 Å². The Balaban J connectivity index is 1.91. The summed E-state index contributed by atoms with van der Waals surface area (Å²) in [6.07, 6.45) is 1.69. The van der Waals surface area contributed by atoms with Crippen LogP contribution >= 0.6 is 23.2 Å². The predicted octanol–water partition coefficient (Wildman–Crippen LogP) is 3.61. The highest BCUT2D eigenvalue weighted by atomic mass is 35.5. The molecule has 3 aromatic rings. The number of benzene rings is 1. The average Bonchev–Trinajstić information content (AvgIpc) is 2.47. The molecule has 2 aromatic heterocycles. The normalized spacial score (nSPS) is 10.8. The minimum atomic E-state index is -0.123. The van der Waals surface area contributed by atoms with Crippen molar-refractivity contribution in [2.45, 2.75) is 6.54 Å². The molecular formula is C15H11Cl2N3O. The Bertz CT molecular complexity index is 841. The van der Waals surface area contributed by atoms with E-state index >= 15 is 0 Å². The summed E-state index contributed by atoms with van der Waals surface area (Å²) in [5.74, 6) is 0. The van der Waals surface area contributed by atoms with Gasteiger partial charge in [-0.2, -0.15) is 0 Å². The molecule has 0 radical (unpaired) electrons. The molecule has 0 saturated carbocycles. The van der Waals surface area contributed by atoms with Gasteiger partial charge in [-0.15, -0.1) is 0 Å². The van der Waals surface area contributed by atoms with Crippen molar-refractivity contribution in [1.82, 2.24) is 9.38 Å². The molecule has 0 amide bonds. The van der Waals surface area contributed by atoms with Crippen molar-refractivity contribution in [2.75, 3.05) is 5.32 Å². The number of halogens is 2. The molecule has 0 unspecified atom stereocenters. The molecule has 0 saturated heterocycles. The number of hydrogen-bond acceptors (Lipinski definition) is 3. The van der Waals surface area contributed by atoms with E-state index in [1.54, 1.807) is 36.5 Å². The van der Waals surface area contributed by atoms with Crippen LogP contribution in [-0.4, -0.2) is 9.38 Å². The van der Waals surface area contributed by atoms with Crippen molar-refractivity contribution in [3.8, 4) is 0 Å². The number of anilines is 1. The first-order valence-corrected chi connectivity index (χ1v) is 7.06. The number of nitrogens with zero attached hydrogens (tertiary/aromatic N) is 2. The number of rotatable bonds is 3. The van der Waals surface area contributed by atoms with Crippen LogP contribution in [-0.2, 0) is 6.54 Å². The highest BCUT2D eigenvalue weighted by molar-refractivity contribution is 6.39. The zero-order valence-electron chi connectivity index (χ0n) is 10.9. The molecule has 0 atom stereocenters. The lowest BCUT2D eigenvalue weighted by Gasteiger charge is -2.10. The van der Waals surface area contributed by atoms with Crippen molar-refractivity contribution in [1.29, 1.82) is 0 Å².